The van der Waals surface area contributed by atoms with Crippen molar-refractivity contribution >= 4 is 34.8 Å². The Kier molecular flexibility index (Phi) is 6.74. The molecule has 2 aromatic rings. The van der Waals surface area contributed by atoms with Crippen LogP contribution < -0.4 is 15.4 Å². The van der Waals surface area contributed by atoms with E-state index in [1.54, 1.807) is 17.5 Å². The summed E-state index contributed by atoms with van der Waals surface area (Å²) in [4.78, 5) is 35.7. The van der Waals surface area contributed by atoms with Crippen molar-refractivity contribution in [3.63, 3.8) is 0 Å². The number of hydrogen-bond donors (Lipinski definition) is 3. The quantitative estimate of drug-likeness (QED) is 0.657. The van der Waals surface area contributed by atoms with Gasteiger partial charge in [-0.1, -0.05) is 6.07 Å². The Hall–Kier alpha value is -2.87. The number of carbonyl (C=O) groups excluding carboxylic acids is 2. The molecule has 3 N–H and O–H groups in total. The molecule has 2 rings (SSSR count). The van der Waals surface area contributed by atoms with E-state index in [0.717, 1.165) is 0 Å². The summed E-state index contributed by atoms with van der Waals surface area (Å²) in [6.45, 7) is 3.83. The maximum Gasteiger partial charge on any atom is 0.335 e. The molecular formula is C18H20N2O5S. The van der Waals surface area contributed by atoms with Crippen LogP contribution in [0.25, 0.3) is 0 Å². The smallest absolute Gasteiger partial charge is 0.335 e. The summed E-state index contributed by atoms with van der Waals surface area (Å²) in [7, 11) is 0. The second kappa shape index (κ2) is 9.00. The first-order chi connectivity index (χ1) is 12.4. The molecule has 1 heterocycles. The molecule has 0 aliphatic carbocycles. The minimum atomic E-state index is -1.10. The van der Waals surface area contributed by atoms with Gasteiger partial charge in [-0.2, -0.15) is 0 Å². The van der Waals surface area contributed by atoms with Gasteiger partial charge in [0.2, 0.25) is 5.91 Å². The van der Waals surface area contributed by atoms with Crippen LogP contribution in [0.2, 0.25) is 0 Å². The number of amides is 2. The fraction of sp³-hybridized carbons (Fsp3) is 0.278. The average Bonchev–Trinajstić information content (AvgIpc) is 3.10. The maximum absolute atomic E-state index is 12.1. The number of hydrogen-bond acceptors (Lipinski definition) is 5. The van der Waals surface area contributed by atoms with Crippen molar-refractivity contribution in [1.29, 1.82) is 0 Å². The first-order valence-corrected chi connectivity index (χ1v) is 8.90. The Bertz CT molecular complexity index is 787. The lowest BCUT2D eigenvalue weighted by atomic mass is 10.2. The SMILES string of the molecule is CC(C)Oc1ccc(C(=O)O)cc1NC(=O)CCNC(=O)c1cccs1. The molecule has 7 nitrogen and oxygen atoms in total. The van der Waals surface area contributed by atoms with E-state index in [1.807, 2.05) is 13.8 Å². The predicted molar refractivity (Wildman–Crippen MR) is 99.1 cm³/mol. The van der Waals surface area contributed by atoms with E-state index in [0.29, 0.717) is 10.6 Å². The zero-order valence-electron chi connectivity index (χ0n) is 14.4. The number of benzene rings is 1. The number of carboxylic acids is 1. The third kappa shape index (κ3) is 5.59. The van der Waals surface area contributed by atoms with Crippen molar-refractivity contribution in [3.8, 4) is 5.75 Å². The van der Waals surface area contributed by atoms with Crippen LogP contribution in [0.15, 0.2) is 35.7 Å². The van der Waals surface area contributed by atoms with Crippen molar-refractivity contribution < 1.29 is 24.2 Å². The van der Waals surface area contributed by atoms with Gasteiger partial charge in [0.25, 0.3) is 5.91 Å². The summed E-state index contributed by atoms with van der Waals surface area (Å²) >= 11 is 1.32. The van der Waals surface area contributed by atoms with Crippen molar-refractivity contribution in [3.05, 3.63) is 46.2 Å². The summed E-state index contributed by atoms with van der Waals surface area (Å²) in [5.74, 6) is -1.29. The Balaban J connectivity index is 1.97. The van der Waals surface area contributed by atoms with Crippen LogP contribution >= 0.6 is 11.3 Å². The second-order valence-electron chi connectivity index (χ2n) is 5.71. The molecule has 8 heteroatoms. The van der Waals surface area contributed by atoms with E-state index in [9.17, 15) is 14.4 Å². The molecule has 1 aromatic heterocycles. The third-order valence-electron chi connectivity index (χ3n) is 3.25. The van der Waals surface area contributed by atoms with E-state index >= 15 is 0 Å². The molecule has 0 aliphatic heterocycles. The molecular weight excluding hydrogens is 356 g/mol. The highest BCUT2D eigenvalue weighted by molar-refractivity contribution is 7.12. The highest BCUT2D eigenvalue weighted by atomic mass is 32.1. The van der Waals surface area contributed by atoms with E-state index in [1.165, 1.54) is 29.5 Å². The molecule has 0 fully saturated rings. The Morgan fingerprint density at radius 1 is 1.23 bits per heavy atom. The van der Waals surface area contributed by atoms with Crippen molar-refractivity contribution in [2.24, 2.45) is 0 Å². The van der Waals surface area contributed by atoms with Gasteiger partial charge in [-0.05, 0) is 43.5 Å². The minimum Gasteiger partial charge on any atom is -0.489 e. The number of carbonyl (C=O) groups is 3. The molecule has 0 atom stereocenters. The largest absolute Gasteiger partial charge is 0.489 e. The molecule has 0 saturated carbocycles. The number of aromatic carboxylic acids is 1. The lowest BCUT2D eigenvalue weighted by Crippen LogP contribution is -2.27. The predicted octanol–water partition coefficient (Wildman–Crippen LogP) is 2.99. The van der Waals surface area contributed by atoms with Crippen LogP contribution in [0.4, 0.5) is 5.69 Å². The van der Waals surface area contributed by atoms with Gasteiger partial charge in [0.05, 0.1) is 22.2 Å². The first kappa shape index (κ1) is 19.5. The monoisotopic (exact) mass is 376 g/mol. The molecule has 0 unspecified atom stereocenters. The standard InChI is InChI=1S/C18H20N2O5S/c1-11(2)25-14-6-5-12(18(23)24)10-13(14)20-16(21)7-8-19-17(22)15-4-3-9-26-15/h3-6,9-11H,7-8H2,1-2H3,(H,19,22)(H,20,21)(H,23,24). The Morgan fingerprint density at radius 2 is 2.00 bits per heavy atom. The van der Waals surface area contributed by atoms with Crippen LogP contribution in [-0.4, -0.2) is 35.5 Å². The van der Waals surface area contributed by atoms with Gasteiger partial charge in [-0.15, -0.1) is 11.3 Å². The fourth-order valence-corrected chi connectivity index (χ4v) is 2.75. The number of nitrogens with one attached hydrogen (secondary N) is 2. The number of thiophene rings is 1. The molecule has 0 aliphatic rings. The van der Waals surface area contributed by atoms with E-state index in [2.05, 4.69) is 10.6 Å². The number of ether oxygens (including phenoxy) is 1. The van der Waals surface area contributed by atoms with E-state index in [4.69, 9.17) is 9.84 Å². The van der Waals surface area contributed by atoms with E-state index < -0.39 is 5.97 Å². The molecule has 0 radical (unpaired) electrons. The van der Waals surface area contributed by atoms with Crippen molar-refractivity contribution in [2.45, 2.75) is 26.4 Å². The molecule has 1 aromatic carbocycles. The fourth-order valence-electron chi connectivity index (χ4n) is 2.11. The van der Waals surface area contributed by atoms with Crippen molar-refractivity contribution in [1.82, 2.24) is 5.32 Å². The highest BCUT2D eigenvalue weighted by Gasteiger charge is 2.14. The van der Waals surface area contributed by atoms with Gasteiger partial charge in [0.15, 0.2) is 0 Å². The van der Waals surface area contributed by atoms with Crippen molar-refractivity contribution in [2.75, 3.05) is 11.9 Å². The van der Waals surface area contributed by atoms with Gasteiger partial charge < -0.3 is 20.5 Å². The number of carboxylic acid groups (broad SMARTS) is 1. The average molecular weight is 376 g/mol. The lowest BCUT2D eigenvalue weighted by Gasteiger charge is -2.15. The zero-order chi connectivity index (χ0) is 19.1. The van der Waals surface area contributed by atoms with Gasteiger partial charge in [-0.25, -0.2) is 4.79 Å². The summed E-state index contributed by atoms with van der Waals surface area (Å²) in [6.07, 6.45) is -0.0818. The van der Waals surface area contributed by atoms with Crippen LogP contribution in [0.5, 0.6) is 5.75 Å². The van der Waals surface area contributed by atoms with E-state index in [-0.39, 0.29) is 42.1 Å². The molecule has 0 spiro atoms. The summed E-state index contributed by atoms with van der Waals surface area (Å²) in [5, 5.41) is 16.2. The van der Waals surface area contributed by atoms with Gasteiger partial charge >= 0.3 is 5.97 Å². The molecule has 0 bridgehead atoms. The van der Waals surface area contributed by atoms with Crippen LogP contribution in [0, 0.1) is 0 Å². The highest BCUT2D eigenvalue weighted by Crippen LogP contribution is 2.27. The lowest BCUT2D eigenvalue weighted by molar-refractivity contribution is -0.116. The normalized spacial score (nSPS) is 10.4. The van der Waals surface area contributed by atoms with Gasteiger partial charge in [0, 0.05) is 13.0 Å². The van der Waals surface area contributed by atoms with Crippen LogP contribution in [0.1, 0.15) is 40.3 Å². The summed E-state index contributed by atoms with van der Waals surface area (Å²) < 4.78 is 5.60. The van der Waals surface area contributed by atoms with Crippen LogP contribution in [0.3, 0.4) is 0 Å². The molecule has 0 saturated heterocycles. The van der Waals surface area contributed by atoms with Gasteiger partial charge in [0.1, 0.15) is 5.75 Å². The second-order valence-corrected chi connectivity index (χ2v) is 6.66. The topological polar surface area (TPSA) is 105 Å². The summed E-state index contributed by atoms with van der Waals surface area (Å²) in [5.41, 5.74) is 0.329. The Morgan fingerprint density at radius 3 is 2.62 bits per heavy atom. The third-order valence-corrected chi connectivity index (χ3v) is 4.11. The Labute approximate surface area is 155 Å². The number of anilines is 1. The first-order valence-electron chi connectivity index (χ1n) is 8.02. The minimum absolute atomic E-state index is 0.0439. The van der Waals surface area contributed by atoms with Crippen LogP contribution in [-0.2, 0) is 4.79 Å². The van der Waals surface area contributed by atoms with Gasteiger partial charge in [-0.3, -0.25) is 9.59 Å². The number of rotatable bonds is 8. The zero-order valence-corrected chi connectivity index (χ0v) is 15.3. The maximum atomic E-state index is 12.1. The molecule has 138 valence electrons. The molecule has 2 amide bonds. The molecule has 26 heavy (non-hydrogen) atoms. The summed E-state index contributed by atoms with van der Waals surface area (Å²) in [6, 6.07) is 7.75.